The highest BCUT2D eigenvalue weighted by Gasteiger charge is 2.17. The van der Waals surface area contributed by atoms with Gasteiger partial charge in [0.15, 0.2) is 0 Å². The number of carbonyl (C=O) groups is 1. The molecule has 0 aliphatic heterocycles. The van der Waals surface area contributed by atoms with Crippen molar-refractivity contribution in [2.75, 3.05) is 18.2 Å². The Morgan fingerprint density at radius 3 is 2.62 bits per heavy atom. The van der Waals surface area contributed by atoms with Crippen molar-refractivity contribution in [3.05, 3.63) is 51.8 Å². The quantitative estimate of drug-likeness (QED) is 0.653. The van der Waals surface area contributed by atoms with Crippen molar-refractivity contribution in [2.24, 2.45) is 0 Å². The first kappa shape index (κ1) is 15.4. The number of nitrogens with two attached hydrogens (primary N) is 1. The molecule has 0 aliphatic carbocycles. The number of nitrogen functional groups attached to an aromatic ring is 1. The average Bonchev–Trinajstić information content (AvgIpc) is 2.42. The van der Waals surface area contributed by atoms with Crippen LogP contribution in [-0.4, -0.2) is 13.1 Å². The zero-order valence-corrected chi connectivity index (χ0v) is 12.4. The van der Waals surface area contributed by atoms with Gasteiger partial charge in [0.1, 0.15) is 5.82 Å². The summed E-state index contributed by atoms with van der Waals surface area (Å²) in [6, 6.07) is 6.94. The van der Waals surface area contributed by atoms with E-state index in [4.69, 9.17) is 28.9 Å². The van der Waals surface area contributed by atoms with Crippen LogP contribution in [0.5, 0.6) is 0 Å². The molecule has 0 amide bonds. The Balaban J connectivity index is 2.50. The molecule has 0 aromatic heterocycles. The minimum absolute atomic E-state index is 0.108. The summed E-state index contributed by atoms with van der Waals surface area (Å²) in [6.45, 7) is 0. The van der Waals surface area contributed by atoms with E-state index in [1.54, 1.807) is 0 Å². The van der Waals surface area contributed by atoms with Gasteiger partial charge in [-0.2, -0.15) is 0 Å². The second-order valence-electron chi connectivity index (χ2n) is 4.17. The minimum atomic E-state index is -0.638. The summed E-state index contributed by atoms with van der Waals surface area (Å²) in [4.78, 5) is 11.8. The summed E-state index contributed by atoms with van der Waals surface area (Å²) in [5, 5.41) is 3.19. The lowest BCUT2D eigenvalue weighted by atomic mass is 10.1. The molecule has 0 unspecified atom stereocenters. The summed E-state index contributed by atoms with van der Waals surface area (Å²) < 4.78 is 18.5. The van der Waals surface area contributed by atoms with E-state index in [2.05, 4.69) is 10.1 Å². The van der Waals surface area contributed by atoms with Crippen LogP contribution in [0.15, 0.2) is 30.3 Å². The SMILES string of the molecule is COC(=O)c1cc(N)cc(Cl)c1Nc1ccc(Cl)cc1F. The number of hydrogen-bond acceptors (Lipinski definition) is 4. The van der Waals surface area contributed by atoms with Crippen LogP contribution in [-0.2, 0) is 4.74 Å². The number of methoxy groups -OCH3 is 1. The van der Waals surface area contributed by atoms with Gasteiger partial charge in [0, 0.05) is 10.7 Å². The molecule has 0 saturated carbocycles. The number of hydrogen-bond donors (Lipinski definition) is 2. The number of halogens is 3. The van der Waals surface area contributed by atoms with E-state index in [-0.39, 0.29) is 27.0 Å². The average molecular weight is 329 g/mol. The van der Waals surface area contributed by atoms with E-state index in [0.29, 0.717) is 5.69 Å². The van der Waals surface area contributed by atoms with E-state index in [1.165, 1.54) is 31.4 Å². The molecule has 21 heavy (non-hydrogen) atoms. The Labute approximate surface area is 130 Å². The molecule has 4 nitrogen and oxygen atoms in total. The molecule has 0 heterocycles. The molecule has 0 atom stereocenters. The fraction of sp³-hybridized carbons (Fsp3) is 0.0714. The topological polar surface area (TPSA) is 64.3 Å². The van der Waals surface area contributed by atoms with E-state index in [0.717, 1.165) is 6.07 Å². The fourth-order valence-electron chi connectivity index (χ4n) is 1.75. The lowest BCUT2D eigenvalue weighted by molar-refractivity contribution is 0.0602. The van der Waals surface area contributed by atoms with E-state index < -0.39 is 11.8 Å². The van der Waals surface area contributed by atoms with Crippen molar-refractivity contribution in [2.45, 2.75) is 0 Å². The predicted molar refractivity (Wildman–Crippen MR) is 81.9 cm³/mol. The van der Waals surface area contributed by atoms with Crippen molar-refractivity contribution in [3.63, 3.8) is 0 Å². The normalized spacial score (nSPS) is 10.3. The highest BCUT2D eigenvalue weighted by molar-refractivity contribution is 6.34. The minimum Gasteiger partial charge on any atom is -0.465 e. The van der Waals surface area contributed by atoms with Crippen LogP contribution < -0.4 is 11.1 Å². The van der Waals surface area contributed by atoms with Gasteiger partial charge in [-0.05, 0) is 30.3 Å². The van der Waals surface area contributed by atoms with Crippen LogP contribution in [0.25, 0.3) is 0 Å². The standard InChI is InChI=1S/C14H11Cl2FN2O2/c1-21-14(20)9-5-8(18)6-10(16)13(9)19-12-3-2-7(15)4-11(12)17/h2-6,19H,18H2,1H3. The largest absolute Gasteiger partial charge is 0.465 e. The van der Waals surface area contributed by atoms with Gasteiger partial charge < -0.3 is 15.8 Å². The van der Waals surface area contributed by atoms with Crippen molar-refractivity contribution < 1.29 is 13.9 Å². The van der Waals surface area contributed by atoms with Crippen LogP contribution in [0.2, 0.25) is 10.0 Å². The first-order valence-electron chi connectivity index (χ1n) is 5.81. The molecule has 0 radical (unpaired) electrons. The van der Waals surface area contributed by atoms with Crippen LogP contribution in [0.3, 0.4) is 0 Å². The van der Waals surface area contributed by atoms with Crippen molar-refractivity contribution in [3.8, 4) is 0 Å². The molecule has 2 rings (SSSR count). The van der Waals surface area contributed by atoms with E-state index >= 15 is 0 Å². The van der Waals surface area contributed by atoms with Gasteiger partial charge in [-0.25, -0.2) is 9.18 Å². The van der Waals surface area contributed by atoms with Gasteiger partial charge in [0.2, 0.25) is 0 Å². The summed E-state index contributed by atoms with van der Waals surface area (Å²) >= 11 is 11.8. The lowest BCUT2D eigenvalue weighted by Crippen LogP contribution is -2.08. The third kappa shape index (κ3) is 3.37. The first-order chi connectivity index (χ1) is 9.92. The van der Waals surface area contributed by atoms with E-state index in [1.807, 2.05) is 0 Å². The molecular formula is C14H11Cl2FN2O2. The Hall–Kier alpha value is -1.98. The highest BCUT2D eigenvalue weighted by Crippen LogP contribution is 2.33. The zero-order valence-electron chi connectivity index (χ0n) is 10.9. The number of nitrogens with one attached hydrogen (secondary N) is 1. The van der Waals surface area contributed by atoms with E-state index in [9.17, 15) is 9.18 Å². The number of anilines is 3. The smallest absolute Gasteiger partial charge is 0.340 e. The summed E-state index contributed by atoms with van der Waals surface area (Å²) in [6.07, 6.45) is 0. The number of carbonyl (C=O) groups excluding carboxylic acids is 1. The van der Waals surface area contributed by atoms with Gasteiger partial charge in [-0.15, -0.1) is 0 Å². The number of benzene rings is 2. The van der Waals surface area contributed by atoms with Gasteiger partial charge in [-0.1, -0.05) is 23.2 Å². The van der Waals surface area contributed by atoms with Gasteiger partial charge in [-0.3, -0.25) is 0 Å². The lowest BCUT2D eigenvalue weighted by Gasteiger charge is -2.14. The fourth-order valence-corrected chi connectivity index (χ4v) is 2.18. The van der Waals surface area contributed by atoms with Crippen molar-refractivity contribution in [1.29, 1.82) is 0 Å². The van der Waals surface area contributed by atoms with Gasteiger partial charge >= 0.3 is 5.97 Å². The van der Waals surface area contributed by atoms with Crippen LogP contribution >= 0.6 is 23.2 Å². The Morgan fingerprint density at radius 1 is 1.29 bits per heavy atom. The van der Waals surface area contributed by atoms with Crippen LogP contribution in [0, 0.1) is 5.82 Å². The molecular weight excluding hydrogens is 318 g/mol. The highest BCUT2D eigenvalue weighted by atomic mass is 35.5. The van der Waals surface area contributed by atoms with Crippen molar-refractivity contribution >= 4 is 46.2 Å². The number of ether oxygens (including phenoxy) is 1. The molecule has 0 spiro atoms. The molecule has 0 fully saturated rings. The van der Waals surface area contributed by atoms with Crippen LogP contribution in [0.4, 0.5) is 21.5 Å². The molecule has 0 bridgehead atoms. The summed E-state index contributed by atoms with van der Waals surface area (Å²) in [5.74, 6) is -1.22. The molecule has 2 aromatic rings. The monoisotopic (exact) mass is 328 g/mol. The Bertz CT molecular complexity index is 708. The van der Waals surface area contributed by atoms with Gasteiger partial charge in [0.05, 0.1) is 29.1 Å². The number of esters is 1. The molecule has 7 heteroatoms. The number of rotatable bonds is 3. The Kier molecular flexibility index (Phi) is 4.55. The van der Waals surface area contributed by atoms with Crippen molar-refractivity contribution in [1.82, 2.24) is 0 Å². The second-order valence-corrected chi connectivity index (χ2v) is 5.01. The molecule has 2 aromatic carbocycles. The third-order valence-electron chi connectivity index (χ3n) is 2.71. The maximum absolute atomic E-state index is 13.8. The summed E-state index contributed by atoms with van der Waals surface area (Å²) in [5.41, 5.74) is 6.38. The summed E-state index contributed by atoms with van der Waals surface area (Å²) in [7, 11) is 1.23. The van der Waals surface area contributed by atoms with Gasteiger partial charge in [0.25, 0.3) is 0 Å². The third-order valence-corrected chi connectivity index (χ3v) is 3.24. The van der Waals surface area contributed by atoms with Crippen LogP contribution in [0.1, 0.15) is 10.4 Å². The molecule has 0 saturated heterocycles. The maximum Gasteiger partial charge on any atom is 0.340 e. The molecule has 3 N–H and O–H groups in total. The predicted octanol–water partition coefficient (Wildman–Crippen LogP) is 4.24. The first-order valence-corrected chi connectivity index (χ1v) is 6.57. The maximum atomic E-state index is 13.8. The second kappa shape index (κ2) is 6.20. The Morgan fingerprint density at radius 2 is 2.00 bits per heavy atom. The molecule has 110 valence electrons. The zero-order chi connectivity index (χ0) is 15.6. The molecule has 0 aliphatic rings.